The number of ether oxygens (including phenoxy) is 1. The van der Waals surface area contributed by atoms with Crippen LogP contribution in [-0.2, 0) is 21.4 Å². The molecule has 1 atom stereocenters. The van der Waals surface area contributed by atoms with Crippen LogP contribution in [0.2, 0.25) is 0 Å². The predicted molar refractivity (Wildman–Crippen MR) is 87.9 cm³/mol. The van der Waals surface area contributed by atoms with E-state index in [0.29, 0.717) is 18.1 Å². The van der Waals surface area contributed by atoms with E-state index in [0.717, 1.165) is 0 Å². The zero-order valence-corrected chi connectivity index (χ0v) is 14.3. The average Bonchev–Trinajstić information content (AvgIpc) is 3.06. The van der Waals surface area contributed by atoms with E-state index >= 15 is 0 Å². The number of benzene rings is 1. The number of hydrogen-bond donors (Lipinski definition) is 2. The zero-order chi connectivity index (χ0) is 17.6. The lowest BCUT2D eigenvalue weighted by atomic mass is 10.3. The van der Waals surface area contributed by atoms with Crippen molar-refractivity contribution >= 4 is 15.9 Å². The maximum Gasteiger partial charge on any atom is 0.241 e. The smallest absolute Gasteiger partial charge is 0.241 e. The van der Waals surface area contributed by atoms with Crippen molar-refractivity contribution in [1.82, 2.24) is 10.0 Å². The van der Waals surface area contributed by atoms with Crippen LogP contribution in [0.25, 0.3) is 0 Å². The summed E-state index contributed by atoms with van der Waals surface area (Å²) in [6, 6.07) is 8.51. The number of carbonyl (C=O) groups excluding carboxylic acids is 1. The fourth-order valence-electron chi connectivity index (χ4n) is 1.98. The molecule has 2 rings (SSSR count). The molecule has 24 heavy (non-hydrogen) atoms. The minimum atomic E-state index is -3.80. The van der Waals surface area contributed by atoms with Gasteiger partial charge in [-0.25, -0.2) is 8.42 Å². The Bertz CT molecular complexity index is 754. The standard InChI is InChI=1S/C16H20N2O5S/c1-3-22-13-6-8-15(9-7-13)24(20,21)18-12(2)16(19)17-11-14-5-4-10-23-14/h4-10,12,18H,3,11H2,1-2H3,(H,17,19). The monoisotopic (exact) mass is 352 g/mol. The Hall–Kier alpha value is -2.32. The fourth-order valence-corrected chi connectivity index (χ4v) is 3.18. The molecule has 7 nitrogen and oxygen atoms in total. The second kappa shape index (κ2) is 7.98. The highest BCUT2D eigenvalue weighted by molar-refractivity contribution is 7.89. The summed E-state index contributed by atoms with van der Waals surface area (Å²) in [4.78, 5) is 12.1. The van der Waals surface area contributed by atoms with Crippen molar-refractivity contribution in [2.24, 2.45) is 0 Å². The molecule has 0 aliphatic rings. The van der Waals surface area contributed by atoms with Crippen LogP contribution in [0.15, 0.2) is 52.0 Å². The lowest BCUT2D eigenvalue weighted by Gasteiger charge is -2.14. The highest BCUT2D eigenvalue weighted by atomic mass is 32.2. The summed E-state index contributed by atoms with van der Waals surface area (Å²) in [6.07, 6.45) is 1.50. The number of hydrogen-bond acceptors (Lipinski definition) is 5. The van der Waals surface area contributed by atoms with Crippen molar-refractivity contribution in [2.45, 2.75) is 31.3 Å². The summed E-state index contributed by atoms with van der Waals surface area (Å²) < 4.78 is 37.3. The lowest BCUT2D eigenvalue weighted by Crippen LogP contribution is -2.44. The number of nitrogens with one attached hydrogen (secondary N) is 2. The van der Waals surface area contributed by atoms with E-state index in [1.807, 2.05) is 6.92 Å². The van der Waals surface area contributed by atoms with Crippen molar-refractivity contribution in [3.63, 3.8) is 0 Å². The fraction of sp³-hybridized carbons (Fsp3) is 0.312. The molecule has 2 N–H and O–H groups in total. The summed E-state index contributed by atoms with van der Waals surface area (Å²) in [5.74, 6) is 0.728. The molecule has 0 aliphatic heterocycles. The second-order valence-electron chi connectivity index (χ2n) is 5.04. The Morgan fingerprint density at radius 2 is 1.96 bits per heavy atom. The van der Waals surface area contributed by atoms with E-state index in [4.69, 9.17) is 9.15 Å². The zero-order valence-electron chi connectivity index (χ0n) is 13.5. The molecule has 130 valence electrons. The van der Waals surface area contributed by atoms with Crippen LogP contribution >= 0.6 is 0 Å². The molecule has 0 spiro atoms. The first kappa shape index (κ1) is 18.0. The molecule has 1 heterocycles. The molecule has 0 aliphatic carbocycles. The number of rotatable bonds is 8. The molecule has 1 aromatic carbocycles. The molecule has 0 bridgehead atoms. The van der Waals surface area contributed by atoms with Gasteiger partial charge in [0.1, 0.15) is 11.5 Å². The van der Waals surface area contributed by atoms with Gasteiger partial charge in [0.05, 0.1) is 30.4 Å². The molecular formula is C16H20N2O5S. The molecule has 0 radical (unpaired) electrons. The molecule has 8 heteroatoms. The molecule has 2 aromatic rings. The first-order valence-corrected chi connectivity index (χ1v) is 8.96. The Morgan fingerprint density at radius 1 is 1.25 bits per heavy atom. The molecule has 0 saturated carbocycles. The van der Waals surface area contributed by atoms with E-state index in [2.05, 4.69) is 10.0 Å². The Morgan fingerprint density at radius 3 is 2.54 bits per heavy atom. The molecule has 1 amide bonds. The summed E-state index contributed by atoms with van der Waals surface area (Å²) in [5.41, 5.74) is 0. The van der Waals surface area contributed by atoms with Gasteiger partial charge in [-0.1, -0.05) is 0 Å². The second-order valence-corrected chi connectivity index (χ2v) is 6.76. The minimum Gasteiger partial charge on any atom is -0.494 e. The third-order valence-corrected chi connectivity index (χ3v) is 4.74. The van der Waals surface area contributed by atoms with Crippen molar-refractivity contribution in [3.05, 3.63) is 48.4 Å². The molecule has 1 unspecified atom stereocenters. The van der Waals surface area contributed by atoms with Crippen LogP contribution in [0.3, 0.4) is 0 Å². The van der Waals surface area contributed by atoms with Gasteiger partial charge in [-0.15, -0.1) is 0 Å². The maximum atomic E-state index is 12.3. The third-order valence-electron chi connectivity index (χ3n) is 3.19. The van der Waals surface area contributed by atoms with Crippen molar-refractivity contribution < 1.29 is 22.4 Å². The summed E-state index contributed by atoms with van der Waals surface area (Å²) in [5, 5.41) is 2.61. The first-order chi connectivity index (χ1) is 11.4. The van der Waals surface area contributed by atoms with Gasteiger partial charge in [0.2, 0.25) is 15.9 Å². The van der Waals surface area contributed by atoms with Gasteiger partial charge in [0, 0.05) is 0 Å². The normalized spacial score (nSPS) is 12.6. The van der Waals surface area contributed by atoms with Crippen molar-refractivity contribution in [1.29, 1.82) is 0 Å². The predicted octanol–water partition coefficient (Wildman–Crippen LogP) is 1.66. The summed E-state index contributed by atoms with van der Waals surface area (Å²) in [6.45, 7) is 4.01. The summed E-state index contributed by atoms with van der Waals surface area (Å²) >= 11 is 0. The Labute approximate surface area is 141 Å². The highest BCUT2D eigenvalue weighted by Crippen LogP contribution is 2.16. The first-order valence-electron chi connectivity index (χ1n) is 7.47. The average molecular weight is 352 g/mol. The van der Waals surface area contributed by atoms with Crippen molar-refractivity contribution in [2.75, 3.05) is 6.61 Å². The molecule has 0 fully saturated rings. The molecular weight excluding hydrogens is 332 g/mol. The van der Waals surface area contributed by atoms with E-state index in [1.165, 1.54) is 25.3 Å². The largest absolute Gasteiger partial charge is 0.494 e. The van der Waals surface area contributed by atoms with E-state index in [9.17, 15) is 13.2 Å². The highest BCUT2D eigenvalue weighted by Gasteiger charge is 2.22. The van der Waals surface area contributed by atoms with Gasteiger partial charge >= 0.3 is 0 Å². The van der Waals surface area contributed by atoms with Crippen LogP contribution in [0.4, 0.5) is 0 Å². The van der Waals surface area contributed by atoms with Gasteiger partial charge in [-0.05, 0) is 50.2 Å². The summed E-state index contributed by atoms with van der Waals surface area (Å²) in [7, 11) is -3.80. The van der Waals surface area contributed by atoms with Crippen LogP contribution in [0.1, 0.15) is 19.6 Å². The van der Waals surface area contributed by atoms with Crippen LogP contribution in [0.5, 0.6) is 5.75 Å². The SMILES string of the molecule is CCOc1ccc(S(=O)(=O)NC(C)C(=O)NCc2ccco2)cc1. The number of amides is 1. The molecule has 1 aromatic heterocycles. The maximum absolute atomic E-state index is 12.3. The van der Waals surface area contributed by atoms with Gasteiger partial charge in [0.25, 0.3) is 0 Å². The lowest BCUT2D eigenvalue weighted by molar-refractivity contribution is -0.122. The number of sulfonamides is 1. The Balaban J connectivity index is 1.95. The van der Waals surface area contributed by atoms with Gasteiger partial charge in [0.15, 0.2) is 0 Å². The van der Waals surface area contributed by atoms with Gasteiger partial charge in [-0.2, -0.15) is 4.72 Å². The van der Waals surface area contributed by atoms with E-state index in [1.54, 1.807) is 24.3 Å². The van der Waals surface area contributed by atoms with E-state index < -0.39 is 22.0 Å². The van der Waals surface area contributed by atoms with Crippen molar-refractivity contribution in [3.8, 4) is 5.75 Å². The molecule has 0 saturated heterocycles. The third kappa shape index (κ3) is 4.84. The quantitative estimate of drug-likeness (QED) is 0.753. The van der Waals surface area contributed by atoms with Gasteiger partial charge in [-0.3, -0.25) is 4.79 Å². The topological polar surface area (TPSA) is 97.6 Å². The Kier molecular flexibility index (Phi) is 5.99. The minimum absolute atomic E-state index is 0.0663. The van der Waals surface area contributed by atoms with Crippen LogP contribution in [-0.4, -0.2) is 27.0 Å². The van der Waals surface area contributed by atoms with Crippen LogP contribution in [0, 0.1) is 0 Å². The van der Waals surface area contributed by atoms with E-state index in [-0.39, 0.29) is 11.4 Å². The van der Waals surface area contributed by atoms with Crippen LogP contribution < -0.4 is 14.8 Å². The number of carbonyl (C=O) groups is 1. The number of furan rings is 1. The van der Waals surface area contributed by atoms with Gasteiger partial charge < -0.3 is 14.5 Å².